The van der Waals surface area contributed by atoms with Crippen molar-refractivity contribution in [3.63, 3.8) is 0 Å². The van der Waals surface area contributed by atoms with Gasteiger partial charge in [-0.2, -0.15) is 5.26 Å². The standard InChI is InChI=1S/C17H19FN6O/c1-4-21-17-22-11(2)14(15(20)24(17)3)9-13-6-5-12(10-19)16(23-13)25-8-7-18/h4-6H,1,7-9,20H2,2-3H3. The number of nitrogens with zero attached hydrogens (tertiary/aromatic N) is 5. The van der Waals surface area contributed by atoms with E-state index in [9.17, 15) is 4.39 Å². The van der Waals surface area contributed by atoms with E-state index in [1.807, 2.05) is 13.0 Å². The second-order valence-corrected chi connectivity index (χ2v) is 5.21. The van der Waals surface area contributed by atoms with E-state index >= 15 is 0 Å². The monoisotopic (exact) mass is 342 g/mol. The minimum Gasteiger partial charge on any atom is -0.474 e. The van der Waals surface area contributed by atoms with Gasteiger partial charge in [0, 0.05) is 36.6 Å². The molecule has 0 spiro atoms. The topological polar surface area (TPSA) is 102 Å². The molecule has 8 heteroatoms. The van der Waals surface area contributed by atoms with Crippen molar-refractivity contribution in [2.24, 2.45) is 12.0 Å². The normalized spacial score (nSPS) is 11.2. The number of nitrogens with two attached hydrogens (primary N) is 1. The minimum atomic E-state index is -0.656. The first-order chi connectivity index (χ1) is 12.0. The molecule has 25 heavy (non-hydrogen) atoms. The van der Waals surface area contributed by atoms with E-state index in [2.05, 4.69) is 21.5 Å². The number of aryl methyl sites for hydroxylation is 1. The third-order valence-corrected chi connectivity index (χ3v) is 3.59. The molecule has 0 saturated heterocycles. The summed E-state index contributed by atoms with van der Waals surface area (Å²) in [5, 5.41) is 9.09. The van der Waals surface area contributed by atoms with E-state index in [1.165, 1.54) is 6.20 Å². The van der Waals surface area contributed by atoms with Crippen molar-refractivity contribution in [3.8, 4) is 11.9 Å². The zero-order valence-electron chi connectivity index (χ0n) is 14.2. The van der Waals surface area contributed by atoms with E-state index in [0.29, 0.717) is 29.2 Å². The Balaban J connectivity index is 2.43. The van der Waals surface area contributed by atoms with Crippen LogP contribution in [-0.2, 0) is 13.5 Å². The van der Waals surface area contributed by atoms with Gasteiger partial charge >= 0.3 is 0 Å². The molecule has 0 bridgehead atoms. The summed E-state index contributed by atoms with van der Waals surface area (Å²) >= 11 is 0. The van der Waals surface area contributed by atoms with Crippen LogP contribution in [0.25, 0.3) is 0 Å². The second-order valence-electron chi connectivity index (χ2n) is 5.21. The van der Waals surface area contributed by atoms with Crippen LogP contribution in [0.5, 0.6) is 5.88 Å². The van der Waals surface area contributed by atoms with E-state index < -0.39 is 6.67 Å². The van der Waals surface area contributed by atoms with Gasteiger partial charge < -0.3 is 10.5 Å². The average Bonchev–Trinajstić information content (AvgIpc) is 2.61. The van der Waals surface area contributed by atoms with Gasteiger partial charge in [-0.1, -0.05) is 6.58 Å². The summed E-state index contributed by atoms with van der Waals surface area (Å²) in [5.41, 5.74) is 9.06. The molecule has 130 valence electrons. The smallest absolute Gasteiger partial charge is 0.232 e. The fourth-order valence-corrected chi connectivity index (χ4v) is 2.29. The van der Waals surface area contributed by atoms with Gasteiger partial charge in [-0.3, -0.25) is 4.57 Å². The summed E-state index contributed by atoms with van der Waals surface area (Å²) in [6, 6.07) is 5.28. The highest BCUT2D eigenvalue weighted by atomic mass is 19.1. The first kappa shape index (κ1) is 18.1. The lowest BCUT2D eigenvalue weighted by Crippen LogP contribution is -2.27. The van der Waals surface area contributed by atoms with Crippen LogP contribution in [0.3, 0.4) is 0 Å². The van der Waals surface area contributed by atoms with Crippen LogP contribution >= 0.6 is 0 Å². The van der Waals surface area contributed by atoms with Gasteiger partial charge in [0.05, 0.1) is 0 Å². The minimum absolute atomic E-state index is 0.115. The molecule has 0 radical (unpaired) electrons. The second kappa shape index (κ2) is 8.06. The van der Waals surface area contributed by atoms with E-state index in [-0.39, 0.29) is 18.1 Å². The summed E-state index contributed by atoms with van der Waals surface area (Å²) in [6.07, 6.45) is 1.79. The number of halogens is 1. The largest absolute Gasteiger partial charge is 0.474 e. The number of nitrogen functional groups attached to an aromatic ring is 1. The van der Waals surface area contributed by atoms with Crippen molar-refractivity contribution in [1.29, 1.82) is 5.26 Å². The molecule has 0 aliphatic rings. The Morgan fingerprint density at radius 3 is 2.88 bits per heavy atom. The Hall–Kier alpha value is -3.21. The van der Waals surface area contributed by atoms with Crippen molar-refractivity contribution in [2.45, 2.75) is 13.3 Å². The molecule has 0 fully saturated rings. The van der Waals surface area contributed by atoms with Crippen LogP contribution in [0, 0.1) is 18.3 Å². The van der Waals surface area contributed by atoms with Crippen LogP contribution in [-0.4, -0.2) is 27.8 Å². The molecule has 0 unspecified atom stereocenters. The summed E-state index contributed by atoms with van der Waals surface area (Å²) in [5.74, 6) is 0.620. The summed E-state index contributed by atoms with van der Waals surface area (Å²) in [4.78, 5) is 12.8. The van der Waals surface area contributed by atoms with Gasteiger partial charge in [0.25, 0.3) is 0 Å². The number of anilines is 1. The molecule has 0 aromatic carbocycles. The molecule has 2 heterocycles. The van der Waals surface area contributed by atoms with Crippen molar-refractivity contribution in [2.75, 3.05) is 19.0 Å². The molecule has 0 aliphatic heterocycles. The van der Waals surface area contributed by atoms with Crippen molar-refractivity contribution < 1.29 is 9.13 Å². The first-order valence-electron chi connectivity index (χ1n) is 7.57. The van der Waals surface area contributed by atoms with Crippen LogP contribution in [0.4, 0.5) is 10.2 Å². The Kier molecular flexibility index (Phi) is 5.84. The van der Waals surface area contributed by atoms with Gasteiger partial charge in [0.1, 0.15) is 30.7 Å². The molecule has 2 rings (SSSR count). The molecule has 0 aliphatic carbocycles. The number of aromatic nitrogens is 3. The van der Waals surface area contributed by atoms with Gasteiger partial charge in [0.15, 0.2) is 0 Å². The predicted octanol–water partition coefficient (Wildman–Crippen LogP) is 1.56. The third-order valence-electron chi connectivity index (χ3n) is 3.59. The van der Waals surface area contributed by atoms with Crippen molar-refractivity contribution >= 4 is 5.82 Å². The third kappa shape index (κ3) is 4.01. The predicted molar refractivity (Wildman–Crippen MR) is 91.3 cm³/mol. The first-order valence-corrected chi connectivity index (χ1v) is 7.57. The fourth-order valence-electron chi connectivity index (χ4n) is 2.29. The van der Waals surface area contributed by atoms with Gasteiger partial charge in [-0.05, 0) is 19.1 Å². The van der Waals surface area contributed by atoms with Gasteiger partial charge in [0.2, 0.25) is 11.5 Å². The maximum atomic E-state index is 12.3. The number of pyridine rings is 1. The summed E-state index contributed by atoms with van der Waals surface area (Å²) < 4.78 is 19.2. The zero-order valence-corrected chi connectivity index (χ0v) is 14.2. The highest BCUT2D eigenvalue weighted by Crippen LogP contribution is 2.20. The number of hydrogen-bond acceptors (Lipinski definition) is 6. The molecule has 2 aromatic heterocycles. The van der Waals surface area contributed by atoms with Crippen molar-refractivity contribution in [1.82, 2.24) is 14.5 Å². The number of alkyl halides is 1. The van der Waals surface area contributed by atoms with E-state index in [1.54, 1.807) is 23.7 Å². The zero-order chi connectivity index (χ0) is 18.4. The molecular formula is C17H19FN6O. The maximum Gasteiger partial charge on any atom is 0.232 e. The van der Waals surface area contributed by atoms with E-state index in [0.717, 1.165) is 5.56 Å². The Morgan fingerprint density at radius 2 is 2.24 bits per heavy atom. The van der Waals surface area contributed by atoms with E-state index in [4.69, 9.17) is 15.7 Å². The van der Waals surface area contributed by atoms with Crippen LogP contribution < -0.4 is 16.1 Å². The lowest BCUT2D eigenvalue weighted by molar-refractivity contribution is 0.263. The SMILES string of the molecule is C=CN=c1nc(C)c(Cc2ccc(C#N)c(OCCF)n2)c(N)n1C. The molecule has 2 aromatic rings. The van der Waals surface area contributed by atoms with Crippen LogP contribution in [0.15, 0.2) is 29.9 Å². The number of rotatable bonds is 6. The number of ether oxygens (including phenoxy) is 1. The highest BCUT2D eigenvalue weighted by molar-refractivity contribution is 5.46. The maximum absolute atomic E-state index is 12.3. The molecule has 0 saturated carbocycles. The van der Waals surface area contributed by atoms with Crippen molar-refractivity contribution in [3.05, 3.63) is 53.0 Å². The Labute approximate surface area is 144 Å². The highest BCUT2D eigenvalue weighted by Gasteiger charge is 2.13. The Morgan fingerprint density at radius 1 is 1.48 bits per heavy atom. The van der Waals surface area contributed by atoms with Gasteiger partial charge in [-0.15, -0.1) is 0 Å². The molecule has 0 atom stereocenters. The summed E-state index contributed by atoms with van der Waals surface area (Å²) in [6.45, 7) is 4.58. The summed E-state index contributed by atoms with van der Waals surface area (Å²) in [7, 11) is 1.76. The number of nitriles is 1. The number of hydrogen-bond donors (Lipinski definition) is 1. The lowest BCUT2D eigenvalue weighted by Gasteiger charge is -2.14. The average molecular weight is 342 g/mol. The van der Waals surface area contributed by atoms with Gasteiger partial charge in [-0.25, -0.2) is 19.4 Å². The van der Waals surface area contributed by atoms with Crippen LogP contribution in [0.2, 0.25) is 0 Å². The molecule has 0 amide bonds. The quantitative estimate of drug-likeness (QED) is 0.858. The Bertz CT molecular complexity index is 897. The van der Waals surface area contributed by atoms with Crippen LogP contribution in [0.1, 0.15) is 22.5 Å². The molecular weight excluding hydrogens is 323 g/mol. The fraction of sp³-hybridized carbons (Fsp3) is 0.294. The molecule has 7 nitrogen and oxygen atoms in total. The lowest BCUT2D eigenvalue weighted by atomic mass is 10.1. The molecule has 2 N–H and O–H groups in total.